The fourth-order valence-electron chi connectivity index (χ4n) is 0.912. The van der Waals surface area contributed by atoms with Gasteiger partial charge in [0.2, 0.25) is 0 Å². The maximum atomic E-state index is 11.3. The van der Waals surface area contributed by atoms with Crippen LogP contribution in [0, 0.1) is 0 Å². The molecule has 76 valence electrons. The van der Waals surface area contributed by atoms with E-state index in [1.165, 1.54) is 0 Å². The predicted molar refractivity (Wildman–Crippen MR) is 55.0 cm³/mol. The lowest BCUT2D eigenvalue weighted by molar-refractivity contribution is -0.117. The molecule has 0 aromatic rings. The lowest BCUT2D eigenvalue weighted by atomic mass is 10.0. The number of aliphatic hydroxyl groups excluding tert-OH is 1. The van der Waals surface area contributed by atoms with Gasteiger partial charge in [-0.15, -0.1) is 11.6 Å². The van der Waals surface area contributed by atoms with Gasteiger partial charge < -0.3 is 5.11 Å². The van der Waals surface area contributed by atoms with Crippen LogP contribution in [0.15, 0.2) is 11.6 Å². The van der Waals surface area contributed by atoms with Crippen LogP contribution >= 0.6 is 11.6 Å². The van der Waals surface area contributed by atoms with E-state index in [0.717, 1.165) is 0 Å². The zero-order valence-corrected chi connectivity index (χ0v) is 9.14. The first-order valence-electron chi connectivity index (χ1n) is 4.51. The SMILES string of the molecule is C/C=C(\C)C(=O)C[C@@H](O)[C@@H](Cl)CC. The largest absolute Gasteiger partial charge is 0.391 e. The highest BCUT2D eigenvalue weighted by Gasteiger charge is 2.18. The predicted octanol–water partition coefficient (Wildman–Crippen LogP) is 2.29. The van der Waals surface area contributed by atoms with Crippen LogP contribution in [0.3, 0.4) is 0 Å². The minimum atomic E-state index is -0.728. The monoisotopic (exact) mass is 204 g/mol. The van der Waals surface area contributed by atoms with E-state index in [1.807, 2.05) is 6.92 Å². The van der Waals surface area contributed by atoms with Gasteiger partial charge in [0.1, 0.15) is 0 Å². The van der Waals surface area contributed by atoms with Crippen LogP contribution in [0.25, 0.3) is 0 Å². The molecule has 13 heavy (non-hydrogen) atoms. The summed E-state index contributed by atoms with van der Waals surface area (Å²) < 4.78 is 0. The van der Waals surface area contributed by atoms with Crippen molar-refractivity contribution in [1.29, 1.82) is 0 Å². The van der Waals surface area contributed by atoms with Gasteiger partial charge in [0.15, 0.2) is 5.78 Å². The molecular formula is C10H17ClO2. The van der Waals surface area contributed by atoms with E-state index in [4.69, 9.17) is 11.6 Å². The Hall–Kier alpha value is -0.340. The Morgan fingerprint density at radius 2 is 2.15 bits per heavy atom. The van der Waals surface area contributed by atoms with Gasteiger partial charge in [0.25, 0.3) is 0 Å². The van der Waals surface area contributed by atoms with Crippen molar-refractivity contribution >= 4 is 17.4 Å². The summed E-state index contributed by atoms with van der Waals surface area (Å²) in [6.45, 7) is 5.43. The normalized spacial score (nSPS) is 16.8. The van der Waals surface area contributed by atoms with Crippen LogP contribution in [0.2, 0.25) is 0 Å². The van der Waals surface area contributed by atoms with Gasteiger partial charge in [0, 0.05) is 6.42 Å². The fourth-order valence-corrected chi connectivity index (χ4v) is 1.00. The van der Waals surface area contributed by atoms with Crippen molar-refractivity contribution in [3.63, 3.8) is 0 Å². The van der Waals surface area contributed by atoms with Crippen molar-refractivity contribution in [2.45, 2.75) is 45.1 Å². The Labute approximate surface area is 84.6 Å². The van der Waals surface area contributed by atoms with Crippen LogP contribution in [-0.4, -0.2) is 22.4 Å². The van der Waals surface area contributed by atoms with E-state index in [0.29, 0.717) is 12.0 Å². The summed E-state index contributed by atoms with van der Waals surface area (Å²) in [5.41, 5.74) is 0.680. The summed E-state index contributed by atoms with van der Waals surface area (Å²) in [5.74, 6) is -0.0332. The Balaban J connectivity index is 4.06. The van der Waals surface area contributed by atoms with Gasteiger partial charge in [-0.25, -0.2) is 0 Å². The number of alkyl halides is 1. The molecule has 0 unspecified atom stereocenters. The summed E-state index contributed by atoms with van der Waals surface area (Å²) in [6, 6.07) is 0. The molecule has 0 aliphatic rings. The smallest absolute Gasteiger partial charge is 0.160 e. The van der Waals surface area contributed by atoms with Crippen LogP contribution in [0.4, 0.5) is 0 Å². The standard InChI is InChI=1S/C10H17ClO2/c1-4-7(3)9(12)6-10(13)8(11)5-2/h4,8,10,13H,5-6H2,1-3H3/b7-4+/t8-,10+/m0/s1. The van der Waals surface area contributed by atoms with E-state index < -0.39 is 6.10 Å². The van der Waals surface area contributed by atoms with E-state index in [-0.39, 0.29) is 17.6 Å². The second kappa shape index (κ2) is 6.17. The molecule has 0 bridgehead atoms. The highest BCUT2D eigenvalue weighted by molar-refractivity contribution is 6.21. The van der Waals surface area contributed by atoms with Gasteiger partial charge >= 0.3 is 0 Å². The number of rotatable bonds is 5. The number of hydrogen-bond acceptors (Lipinski definition) is 2. The lowest BCUT2D eigenvalue weighted by Crippen LogP contribution is -2.23. The van der Waals surface area contributed by atoms with Gasteiger partial charge in [0.05, 0.1) is 11.5 Å². The molecule has 2 atom stereocenters. The second-order valence-electron chi connectivity index (χ2n) is 3.09. The van der Waals surface area contributed by atoms with Gasteiger partial charge in [-0.05, 0) is 25.8 Å². The molecule has 0 saturated heterocycles. The molecule has 0 spiro atoms. The van der Waals surface area contributed by atoms with Crippen molar-refractivity contribution in [2.75, 3.05) is 0 Å². The van der Waals surface area contributed by atoms with Gasteiger partial charge in [-0.3, -0.25) is 4.79 Å². The molecular weight excluding hydrogens is 188 g/mol. The molecule has 0 fully saturated rings. The highest BCUT2D eigenvalue weighted by atomic mass is 35.5. The van der Waals surface area contributed by atoms with Gasteiger partial charge in [-0.1, -0.05) is 13.0 Å². The molecule has 0 aromatic heterocycles. The Morgan fingerprint density at radius 3 is 2.54 bits per heavy atom. The summed E-state index contributed by atoms with van der Waals surface area (Å²) in [7, 11) is 0. The third kappa shape index (κ3) is 4.44. The molecule has 1 N–H and O–H groups in total. The van der Waals surface area contributed by atoms with Crippen molar-refractivity contribution in [1.82, 2.24) is 0 Å². The zero-order chi connectivity index (χ0) is 10.4. The molecule has 0 amide bonds. The highest BCUT2D eigenvalue weighted by Crippen LogP contribution is 2.12. The van der Waals surface area contributed by atoms with Crippen molar-refractivity contribution < 1.29 is 9.90 Å². The Morgan fingerprint density at radius 1 is 1.62 bits per heavy atom. The van der Waals surface area contributed by atoms with E-state index in [1.54, 1.807) is 19.9 Å². The van der Waals surface area contributed by atoms with Crippen molar-refractivity contribution in [3.05, 3.63) is 11.6 Å². The summed E-state index contributed by atoms with van der Waals surface area (Å²) in [4.78, 5) is 11.3. The first-order valence-corrected chi connectivity index (χ1v) is 4.94. The molecule has 0 saturated carbocycles. The number of halogens is 1. The fraction of sp³-hybridized carbons (Fsp3) is 0.700. The molecule has 2 nitrogen and oxygen atoms in total. The second-order valence-corrected chi connectivity index (χ2v) is 3.65. The number of Topliss-reactive ketones (excluding diaryl/α,β-unsaturated/α-hetero) is 1. The molecule has 0 radical (unpaired) electrons. The molecule has 0 aliphatic carbocycles. The minimum Gasteiger partial charge on any atom is -0.391 e. The average Bonchev–Trinajstić information content (AvgIpc) is 2.14. The number of hydrogen-bond donors (Lipinski definition) is 1. The molecule has 0 aliphatic heterocycles. The minimum absolute atomic E-state index is 0.0332. The van der Waals surface area contributed by atoms with Crippen LogP contribution < -0.4 is 0 Å². The van der Waals surface area contributed by atoms with Crippen molar-refractivity contribution in [3.8, 4) is 0 Å². The quantitative estimate of drug-likeness (QED) is 0.551. The van der Waals surface area contributed by atoms with Gasteiger partial charge in [-0.2, -0.15) is 0 Å². The maximum Gasteiger partial charge on any atom is 0.160 e. The Kier molecular flexibility index (Phi) is 6.00. The topological polar surface area (TPSA) is 37.3 Å². The Bertz CT molecular complexity index is 199. The molecule has 0 rings (SSSR count). The van der Waals surface area contributed by atoms with Crippen LogP contribution in [-0.2, 0) is 4.79 Å². The maximum absolute atomic E-state index is 11.3. The van der Waals surface area contributed by atoms with Crippen LogP contribution in [0.5, 0.6) is 0 Å². The number of aliphatic hydroxyl groups is 1. The number of carbonyl (C=O) groups is 1. The van der Waals surface area contributed by atoms with Crippen LogP contribution in [0.1, 0.15) is 33.6 Å². The summed E-state index contributed by atoms with van der Waals surface area (Å²) >= 11 is 5.79. The molecule has 0 aromatic carbocycles. The molecule has 3 heteroatoms. The third-order valence-electron chi connectivity index (χ3n) is 2.07. The first-order chi connectivity index (χ1) is 6.02. The summed E-state index contributed by atoms with van der Waals surface area (Å²) in [5, 5.41) is 9.13. The number of ketones is 1. The first kappa shape index (κ1) is 12.7. The molecule has 0 heterocycles. The van der Waals surface area contributed by atoms with E-state index in [9.17, 15) is 9.90 Å². The van der Waals surface area contributed by atoms with E-state index >= 15 is 0 Å². The van der Waals surface area contributed by atoms with Crippen molar-refractivity contribution in [2.24, 2.45) is 0 Å². The number of allylic oxidation sites excluding steroid dienone is 2. The van der Waals surface area contributed by atoms with E-state index in [2.05, 4.69) is 0 Å². The number of carbonyl (C=O) groups excluding carboxylic acids is 1. The summed E-state index contributed by atoms with van der Waals surface area (Å²) in [6.07, 6.45) is 1.81. The zero-order valence-electron chi connectivity index (χ0n) is 8.38. The lowest BCUT2D eigenvalue weighted by Gasteiger charge is -2.14. The third-order valence-corrected chi connectivity index (χ3v) is 2.67. The average molecular weight is 205 g/mol.